The van der Waals surface area contributed by atoms with Crippen molar-refractivity contribution in [1.82, 2.24) is 0 Å². The van der Waals surface area contributed by atoms with Crippen LogP contribution in [0.25, 0.3) is 10.8 Å². The van der Waals surface area contributed by atoms with Crippen molar-refractivity contribution < 1.29 is 9.90 Å². The van der Waals surface area contributed by atoms with Crippen molar-refractivity contribution in [3.8, 4) is 5.75 Å². The van der Waals surface area contributed by atoms with Crippen LogP contribution in [0.15, 0.2) is 66.7 Å². The molecule has 0 aromatic heterocycles. The minimum Gasteiger partial charge on any atom is -0.508 e. The highest BCUT2D eigenvalue weighted by molar-refractivity contribution is 6.04. The van der Waals surface area contributed by atoms with Crippen molar-refractivity contribution in [2.24, 2.45) is 5.73 Å². The number of hydrogen-bond donors (Lipinski definition) is 3. The summed E-state index contributed by atoms with van der Waals surface area (Å²) >= 11 is 0. The first-order valence-corrected chi connectivity index (χ1v) is 7.45. The number of nitrogens with two attached hydrogens (primary N) is 1. The van der Waals surface area contributed by atoms with Crippen LogP contribution in [0.3, 0.4) is 0 Å². The molecule has 3 rings (SSSR count). The number of carbonyl (C=O) groups excluding carboxylic acids is 1. The number of benzene rings is 3. The largest absolute Gasteiger partial charge is 0.508 e. The average molecular weight is 343 g/mol. The van der Waals surface area contributed by atoms with E-state index in [1.54, 1.807) is 18.2 Å². The number of aromatic hydroxyl groups is 1. The molecule has 0 radical (unpaired) electrons. The Labute approximate surface area is 146 Å². The Balaban J connectivity index is 0.00000208. The number of phenolic OH excluding ortho intramolecular Hbond substituents is 1. The number of hydrogen-bond acceptors (Lipinski definition) is 3. The van der Waals surface area contributed by atoms with E-state index in [2.05, 4.69) is 5.32 Å². The number of phenols is 1. The van der Waals surface area contributed by atoms with Crippen LogP contribution in [0, 0.1) is 0 Å². The molecule has 0 saturated heterocycles. The van der Waals surface area contributed by atoms with E-state index in [-0.39, 0.29) is 24.1 Å². The maximum absolute atomic E-state index is 12.3. The van der Waals surface area contributed by atoms with Gasteiger partial charge < -0.3 is 16.2 Å². The van der Waals surface area contributed by atoms with Crippen LogP contribution in [0.2, 0.25) is 0 Å². The normalized spacial score (nSPS) is 11.5. The van der Waals surface area contributed by atoms with E-state index in [1.165, 1.54) is 0 Å². The van der Waals surface area contributed by atoms with Gasteiger partial charge in [-0.1, -0.05) is 48.5 Å². The second kappa shape index (κ2) is 7.81. The highest BCUT2D eigenvalue weighted by Gasteiger charge is 2.15. The average Bonchev–Trinajstić information content (AvgIpc) is 2.56. The lowest BCUT2D eigenvalue weighted by atomic mass is 10.1. The van der Waals surface area contributed by atoms with Crippen LogP contribution in [-0.4, -0.2) is 17.1 Å². The summed E-state index contributed by atoms with van der Waals surface area (Å²) in [6.07, 6.45) is 0.475. The second-order valence-electron chi connectivity index (χ2n) is 5.50. The summed E-state index contributed by atoms with van der Waals surface area (Å²) in [6, 6.07) is 19.7. The van der Waals surface area contributed by atoms with Crippen LogP contribution in [-0.2, 0) is 11.2 Å². The summed E-state index contributed by atoms with van der Waals surface area (Å²) < 4.78 is 0. The lowest BCUT2D eigenvalue weighted by molar-refractivity contribution is -0.117. The molecular formula is C19H19ClN2O2. The number of nitrogens with one attached hydrogen (secondary N) is 1. The molecule has 0 fully saturated rings. The molecule has 0 aliphatic rings. The molecule has 4 N–H and O–H groups in total. The van der Waals surface area contributed by atoms with Gasteiger partial charge in [0.2, 0.25) is 5.91 Å². The van der Waals surface area contributed by atoms with Crippen molar-refractivity contribution in [2.45, 2.75) is 12.5 Å². The van der Waals surface area contributed by atoms with Gasteiger partial charge in [-0.2, -0.15) is 0 Å². The Morgan fingerprint density at radius 1 is 1.04 bits per heavy atom. The zero-order valence-electron chi connectivity index (χ0n) is 13.0. The number of anilines is 1. The van der Waals surface area contributed by atoms with Gasteiger partial charge in [-0.25, -0.2) is 0 Å². The van der Waals surface area contributed by atoms with Gasteiger partial charge in [-0.05, 0) is 35.6 Å². The topological polar surface area (TPSA) is 75.4 Å². The Bertz CT molecular complexity index is 837. The highest BCUT2D eigenvalue weighted by atomic mass is 35.5. The van der Waals surface area contributed by atoms with Crippen LogP contribution >= 0.6 is 12.4 Å². The van der Waals surface area contributed by atoms with E-state index in [1.807, 2.05) is 48.5 Å². The van der Waals surface area contributed by atoms with E-state index in [4.69, 9.17) is 5.73 Å². The molecule has 0 bridgehead atoms. The molecule has 0 aliphatic heterocycles. The second-order valence-corrected chi connectivity index (χ2v) is 5.50. The molecule has 1 atom stereocenters. The van der Waals surface area contributed by atoms with Crippen LogP contribution in [0.1, 0.15) is 5.56 Å². The smallest absolute Gasteiger partial charge is 0.241 e. The first-order chi connectivity index (χ1) is 11.1. The Hall–Kier alpha value is -2.56. The molecule has 0 saturated carbocycles. The lowest BCUT2D eigenvalue weighted by Gasteiger charge is -2.14. The summed E-state index contributed by atoms with van der Waals surface area (Å²) in [5.41, 5.74) is 7.67. The summed E-state index contributed by atoms with van der Waals surface area (Å²) in [6.45, 7) is 0. The maximum atomic E-state index is 12.3. The van der Waals surface area contributed by atoms with Crippen LogP contribution < -0.4 is 11.1 Å². The maximum Gasteiger partial charge on any atom is 0.241 e. The van der Waals surface area contributed by atoms with E-state index in [0.29, 0.717) is 12.1 Å². The van der Waals surface area contributed by atoms with Gasteiger partial charge in [0.15, 0.2) is 0 Å². The van der Waals surface area contributed by atoms with E-state index < -0.39 is 6.04 Å². The number of rotatable bonds is 4. The van der Waals surface area contributed by atoms with Crippen molar-refractivity contribution in [3.63, 3.8) is 0 Å². The molecule has 4 nitrogen and oxygen atoms in total. The summed E-state index contributed by atoms with van der Waals surface area (Å²) in [4.78, 5) is 12.3. The van der Waals surface area contributed by atoms with Gasteiger partial charge in [0, 0.05) is 11.1 Å². The third-order valence-corrected chi connectivity index (χ3v) is 3.76. The van der Waals surface area contributed by atoms with Gasteiger partial charge >= 0.3 is 0 Å². The molecule has 24 heavy (non-hydrogen) atoms. The van der Waals surface area contributed by atoms with Gasteiger partial charge in [0.1, 0.15) is 5.75 Å². The van der Waals surface area contributed by atoms with Gasteiger partial charge in [0.25, 0.3) is 0 Å². The van der Waals surface area contributed by atoms with E-state index >= 15 is 0 Å². The quantitative estimate of drug-likeness (QED) is 0.679. The minimum absolute atomic E-state index is 0. The first kappa shape index (κ1) is 17.8. The molecule has 124 valence electrons. The molecule has 1 unspecified atom stereocenters. The van der Waals surface area contributed by atoms with Gasteiger partial charge in [-0.15, -0.1) is 12.4 Å². The fourth-order valence-electron chi connectivity index (χ4n) is 2.56. The van der Waals surface area contributed by atoms with Crippen molar-refractivity contribution in [3.05, 3.63) is 72.3 Å². The highest BCUT2D eigenvalue weighted by Crippen LogP contribution is 2.27. The van der Waals surface area contributed by atoms with Crippen molar-refractivity contribution >= 4 is 34.8 Å². The molecule has 5 heteroatoms. The third-order valence-electron chi connectivity index (χ3n) is 3.76. The monoisotopic (exact) mass is 342 g/mol. The Kier molecular flexibility index (Phi) is 5.79. The standard InChI is InChI=1S/C19H18N2O2.ClH/c20-17(11-13-5-2-1-3-6-13)19(23)21-18-8-4-7-14-9-10-15(22)12-16(14)18;/h1-10,12,17,22H,11,20H2,(H,21,23);1H. The summed E-state index contributed by atoms with van der Waals surface area (Å²) in [5, 5.41) is 14.2. The number of halogens is 1. The molecule has 3 aromatic rings. The van der Waals surface area contributed by atoms with E-state index in [0.717, 1.165) is 16.3 Å². The minimum atomic E-state index is -0.634. The summed E-state index contributed by atoms with van der Waals surface area (Å²) in [7, 11) is 0. The number of fused-ring (bicyclic) bond motifs is 1. The predicted octanol–water partition coefficient (Wildman–Crippen LogP) is 3.48. The molecule has 1 amide bonds. The van der Waals surface area contributed by atoms with Crippen molar-refractivity contribution in [1.29, 1.82) is 0 Å². The Morgan fingerprint density at radius 2 is 1.79 bits per heavy atom. The Morgan fingerprint density at radius 3 is 2.54 bits per heavy atom. The molecule has 0 spiro atoms. The predicted molar refractivity (Wildman–Crippen MR) is 99.6 cm³/mol. The van der Waals surface area contributed by atoms with Gasteiger partial charge in [-0.3, -0.25) is 4.79 Å². The fourth-order valence-corrected chi connectivity index (χ4v) is 2.56. The fraction of sp³-hybridized carbons (Fsp3) is 0.105. The zero-order valence-corrected chi connectivity index (χ0v) is 13.8. The van der Waals surface area contributed by atoms with Crippen molar-refractivity contribution in [2.75, 3.05) is 5.32 Å². The number of carbonyl (C=O) groups is 1. The molecule has 3 aromatic carbocycles. The van der Waals surface area contributed by atoms with Crippen LogP contribution in [0.4, 0.5) is 5.69 Å². The lowest BCUT2D eigenvalue weighted by Crippen LogP contribution is -2.37. The molecular weight excluding hydrogens is 324 g/mol. The number of amides is 1. The van der Waals surface area contributed by atoms with Gasteiger partial charge in [0.05, 0.1) is 6.04 Å². The van der Waals surface area contributed by atoms with Crippen LogP contribution in [0.5, 0.6) is 5.75 Å². The first-order valence-electron chi connectivity index (χ1n) is 7.45. The third kappa shape index (κ3) is 4.04. The summed E-state index contributed by atoms with van der Waals surface area (Å²) in [5.74, 6) is -0.0857. The molecule has 0 aliphatic carbocycles. The SMILES string of the molecule is Cl.NC(Cc1ccccc1)C(=O)Nc1cccc2ccc(O)cc12. The molecule has 0 heterocycles. The zero-order chi connectivity index (χ0) is 16.2. The van der Waals surface area contributed by atoms with E-state index in [9.17, 15) is 9.90 Å².